The highest BCUT2D eigenvalue weighted by Gasteiger charge is 2.20. The number of para-hydroxylation sites is 4. The fourth-order valence-corrected chi connectivity index (χ4v) is 12.3. The quantitative estimate of drug-likeness (QED) is 0.164. The number of benzene rings is 8. The van der Waals surface area contributed by atoms with Gasteiger partial charge in [-0.15, -0.1) is 22.7 Å². The van der Waals surface area contributed by atoms with Crippen LogP contribution in [0.4, 0.5) is 0 Å². The van der Waals surface area contributed by atoms with E-state index in [4.69, 9.17) is 0 Å². The van der Waals surface area contributed by atoms with Crippen LogP contribution < -0.4 is 0 Å². The second-order valence-corrected chi connectivity index (χ2v) is 18.2. The summed E-state index contributed by atoms with van der Waals surface area (Å²) in [5.74, 6) is 0. The van der Waals surface area contributed by atoms with Crippen LogP contribution in [0.3, 0.4) is 0 Å². The minimum absolute atomic E-state index is 1.24. The molecule has 14 rings (SSSR count). The number of fused-ring (bicyclic) bond motifs is 12. The summed E-state index contributed by atoms with van der Waals surface area (Å²) in [5, 5.41) is 10.5. The molecule has 0 saturated carbocycles. The van der Waals surface area contributed by atoms with Gasteiger partial charge in [-0.2, -0.15) is 0 Å². The molecular weight excluding hydrogens is 765 g/mol. The minimum Gasteiger partial charge on any atom is -0.308 e. The molecule has 60 heavy (non-hydrogen) atoms. The highest BCUT2D eigenvalue weighted by molar-refractivity contribution is 7.25. The monoisotopic (exact) mass is 796 g/mol. The van der Waals surface area contributed by atoms with Crippen LogP contribution in [-0.4, -0.2) is 8.80 Å². The molecule has 6 heterocycles. The first-order valence-electron chi connectivity index (χ1n) is 20.5. The topological polar surface area (TPSA) is 8.82 Å². The number of hydrogen-bond donors (Lipinski definition) is 0. The van der Waals surface area contributed by atoms with Crippen molar-refractivity contribution in [2.45, 2.75) is 0 Å². The second kappa shape index (κ2) is 12.2. The first kappa shape index (κ1) is 32.7. The third-order valence-corrected chi connectivity index (χ3v) is 15.3. The number of nitrogens with zero attached hydrogens (tertiary/aromatic N) is 2. The van der Waals surface area contributed by atoms with Crippen LogP contribution in [0.1, 0.15) is 0 Å². The summed E-state index contributed by atoms with van der Waals surface area (Å²) in [6, 6.07) is 72.2. The van der Waals surface area contributed by atoms with Crippen LogP contribution >= 0.6 is 22.7 Å². The highest BCUT2D eigenvalue weighted by Crippen LogP contribution is 2.45. The van der Waals surface area contributed by atoms with Gasteiger partial charge in [-0.3, -0.25) is 0 Å². The molecule has 0 bridgehead atoms. The van der Waals surface area contributed by atoms with E-state index >= 15 is 0 Å². The zero-order valence-electron chi connectivity index (χ0n) is 32.2. The Balaban J connectivity index is 0.760. The van der Waals surface area contributed by atoms with Crippen molar-refractivity contribution in [3.8, 4) is 52.9 Å². The molecule has 0 unspecified atom stereocenters. The first-order chi connectivity index (χ1) is 29.7. The normalized spacial score (nSPS) is 12.3. The van der Waals surface area contributed by atoms with Crippen molar-refractivity contribution in [3.05, 3.63) is 194 Å². The van der Waals surface area contributed by atoms with E-state index in [1.807, 2.05) is 22.7 Å². The molecule has 6 aromatic heterocycles. The molecule has 8 aromatic carbocycles. The van der Waals surface area contributed by atoms with Crippen molar-refractivity contribution in [2.24, 2.45) is 0 Å². The largest absolute Gasteiger partial charge is 0.308 e. The molecule has 4 heteroatoms. The lowest BCUT2D eigenvalue weighted by Gasteiger charge is -2.06. The van der Waals surface area contributed by atoms with Gasteiger partial charge in [-0.25, -0.2) is 0 Å². The lowest BCUT2D eigenvalue weighted by atomic mass is 9.98. The summed E-state index contributed by atoms with van der Waals surface area (Å²) in [7, 11) is 0. The van der Waals surface area contributed by atoms with Crippen molar-refractivity contribution in [1.82, 2.24) is 8.80 Å². The average molecular weight is 797 g/mol. The lowest BCUT2D eigenvalue weighted by molar-refractivity contribution is 1.37. The van der Waals surface area contributed by atoms with E-state index in [0.29, 0.717) is 0 Å². The molecule has 0 aliphatic carbocycles. The molecule has 0 amide bonds. The Morgan fingerprint density at radius 2 is 0.517 bits per heavy atom. The van der Waals surface area contributed by atoms with Crippen LogP contribution in [0.5, 0.6) is 0 Å². The molecular formula is C56H32N2S2. The molecule has 0 aliphatic rings. The Hall–Kier alpha value is -7.24. The maximum absolute atomic E-state index is 2.44. The summed E-state index contributed by atoms with van der Waals surface area (Å²) in [5.41, 5.74) is 15.2. The van der Waals surface area contributed by atoms with E-state index in [1.165, 1.54) is 129 Å². The average Bonchev–Trinajstić information content (AvgIpc) is 4.18. The van der Waals surface area contributed by atoms with Gasteiger partial charge in [-0.1, -0.05) is 121 Å². The smallest absolute Gasteiger partial charge is 0.0620 e. The number of hydrogen-bond acceptors (Lipinski definition) is 2. The summed E-state index contributed by atoms with van der Waals surface area (Å²) in [4.78, 5) is 5.17. The molecule has 14 aromatic rings. The predicted octanol–water partition coefficient (Wildman–Crippen LogP) is 16.4. The Morgan fingerprint density at radius 1 is 0.233 bits per heavy atom. The van der Waals surface area contributed by atoms with E-state index in [1.54, 1.807) is 0 Å². The van der Waals surface area contributed by atoms with Gasteiger partial charge in [0.2, 0.25) is 0 Å². The molecule has 0 saturated heterocycles. The fraction of sp³-hybridized carbons (Fsp3) is 0. The number of thiophene rings is 2. The van der Waals surface area contributed by atoms with Gasteiger partial charge < -0.3 is 8.80 Å². The zero-order chi connectivity index (χ0) is 39.1. The van der Waals surface area contributed by atoms with E-state index in [9.17, 15) is 0 Å². The number of aromatic nitrogens is 2. The first-order valence-corrected chi connectivity index (χ1v) is 22.1. The van der Waals surface area contributed by atoms with Crippen LogP contribution in [0.15, 0.2) is 194 Å². The van der Waals surface area contributed by atoms with Crippen LogP contribution in [0.2, 0.25) is 0 Å². The summed E-state index contributed by atoms with van der Waals surface area (Å²) in [6.45, 7) is 0. The van der Waals surface area contributed by atoms with Crippen LogP contribution in [0, 0.1) is 0 Å². The molecule has 2 nitrogen and oxygen atoms in total. The molecule has 278 valence electrons. The summed E-state index contributed by atoms with van der Waals surface area (Å²) in [6.07, 6.45) is 0. The summed E-state index contributed by atoms with van der Waals surface area (Å²) >= 11 is 3.74. The van der Waals surface area contributed by atoms with Gasteiger partial charge in [0, 0.05) is 62.6 Å². The van der Waals surface area contributed by atoms with E-state index in [-0.39, 0.29) is 0 Å². The number of rotatable bonds is 5. The molecule has 0 atom stereocenters. The van der Waals surface area contributed by atoms with Gasteiger partial charge in [0.25, 0.3) is 0 Å². The molecule has 0 fully saturated rings. The van der Waals surface area contributed by atoms with Crippen molar-refractivity contribution < 1.29 is 0 Å². The lowest BCUT2D eigenvalue weighted by Crippen LogP contribution is -1.80. The fourth-order valence-electron chi connectivity index (χ4n) is 10.1. The SMILES string of the molecule is c1ccc2c(c1)c1cc(-c3ccc(-c4ccc(-c5ccc(-c6ccc(-c7cc8c9ccccc9n9c%10ccccc%10c(c7)c89)cc6)s5)s4)cc3)cc3c4ccccc4n2c13. The molecule has 0 aliphatic heterocycles. The summed E-state index contributed by atoms with van der Waals surface area (Å²) < 4.78 is 4.89. The van der Waals surface area contributed by atoms with Crippen molar-refractivity contribution in [2.75, 3.05) is 0 Å². The third kappa shape index (κ3) is 4.52. The van der Waals surface area contributed by atoms with Gasteiger partial charge in [0.15, 0.2) is 0 Å². The second-order valence-electron chi connectivity index (χ2n) is 16.1. The van der Waals surface area contributed by atoms with Gasteiger partial charge in [-0.05, 0) is 106 Å². The standard InChI is InChI=1S/C56H32N2S2/c1-5-13-47-39(9-1)43-29-37(30-44-40-10-2-6-14-48(40)57(47)55(43)44)33-17-21-35(22-18-33)51-25-27-53(59-51)54-28-26-52(60-54)36-23-19-34(20-24-36)38-31-45-41-11-3-7-15-49(41)58-50-16-8-4-12-42(50)46(32-38)56(45)58/h1-32H. The van der Waals surface area contributed by atoms with Gasteiger partial charge >= 0.3 is 0 Å². The molecule has 0 radical (unpaired) electrons. The molecule has 0 N–H and O–H groups in total. The van der Waals surface area contributed by atoms with E-state index in [2.05, 4.69) is 203 Å². The maximum atomic E-state index is 2.44. The van der Waals surface area contributed by atoms with E-state index < -0.39 is 0 Å². The van der Waals surface area contributed by atoms with Gasteiger partial charge in [0.1, 0.15) is 0 Å². The maximum Gasteiger partial charge on any atom is 0.0620 e. The van der Waals surface area contributed by atoms with Crippen LogP contribution in [-0.2, 0) is 0 Å². The molecule has 0 spiro atoms. The van der Waals surface area contributed by atoms with Gasteiger partial charge in [0.05, 0.1) is 33.1 Å². The third-order valence-electron chi connectivity index (χ3n) is 12.9. The minimum atomic E-state index is 1.24. The Bertz CT molecular complexity index is 3560. The Labute approximate surface area is 352 Å². The Kier molecular flexibility index (Phi) is 6.62. The predicted molar refractivity (Wildman–Crippen MR) is 259 cm³/mol. The zero-order valence-corrected chi connectivity index (χ0v) is 33.8. The van der Waals surface area contributed by atoms with Crippen molar-refractivity contribution in [3.63, 3.8) is 0 Å². The van der Waals surface area contributed by atoms with Crippen molar-refractivity contribution in [1.29, 1.82) is 0 Å². The van der Waals surface area contributed by atoms with Crippen LogP contribution in [0.25, 0.3) is 129 Å². The van der Waals surface area contributed by atoms with Crippen molar-refractivity contribution >= 4 is 98.9 Å². The van der Waals surface area contributed by atoms with E-state index in [0.717, 1.165) is 0 Å². The highest BCUT2D eigenvalue weighted by atomic mass is 32.1. The Morgan fingerprint density at radius 3 is 0.850 bits per heavy atom.